The summed E-state index contributed by atoms with van der Waals surface area (Å²) in [5, 5.41) is 4.88. The quantitative estimate of drug-likeness (QED) is 0.455. The lowest BCUT2D eigenvalue weighted by molar-refractivity contribution is 0.414. The Kier molecular flexibility index (Phi) is 5.20. The van der Waals surface area contributed by atoms with Crippen molar-refractivity contribution in [2.75, 3.05) is 21.3 Å². The van der Waals surface area contributed by atoms with Crippen molar-refractivity contribution in [3.63, 3.8) is 0 Å². The molecule has 29 heavy (non-hydrogen) atoms. The summed E-state index contributed by atoms with van der Waals surface area (Å²) in [7, 11) is 4.99. The lowest BCUT2D eigenvalue weighted by Crippen LogP contribution is -1.99. The zero-order chi connectivity index (χ0) is 20.2. The molecule has 1 aromatic heterocycles. The second-order valence-electron chi connectivity index (χ2n) is 6.48. The van der Waals surface area contributed by atoms with Gasteiger partial charge >= 0.3 is 0 Å². The molecule has 0 atom stereocenters. The van der Waals surface area contributed by atoms with E-state index in [2.05, 4.69) is 6.07 Å². The third-order valence-corrected chi connectivity index (χ3v) is 4.80. The highest BCUT2D eigenvalue weighted by molar-refractivity contribution is 5.71. The summed E-state index contributed by atoms with van der Waals surface area (Å²) in [5.74, 6) is 2.45. The highest BCUT2D eigenvalue weighted by Crippen LogP contribution is 2.31. The molecule has 0 spiro atoms. The molecule has 4 rings (SSSR count). The molecule has 0 N–H and O–H groups in total. The predicted octanol–water partition coefficient (Wildman–Crippen LogP) is 5.23. The summed E-state index contributed by atoms with van der Waals surface area (Å²) in [4.78, 5) is 0. The average Bonchev–Trinajstić information content (AvgIpc) is 3.24. The van der Waals surface area contributed by atoms with Gasteiger partial charge in [0.15, 0.2) is 0 Å². The topological polar surface area (TPSA) is 45.5 Å². The minimum atomic E-state index is 0.808. The van der Waals surface area contributed by atoms with E-state index in [4.69, 9.17) is 19.3 Å². The predicted molar refractivity (Wildman–Crippen MR) is 114 cm³/mol. The van der Waals surface area contributed by atoms with Gasteiger partial charge in [0, 0.05) is 11.1 Å². The van der Waals surface area contributed by atoms with Gasteiger partial charge in [-0.25, -0.2) is 4.68 Å². The summed E-state index contributed by atoms with van der Waals surface area (Å²) in [6.45, 7) is 0. The van der Waals surface area contributed by atoms with Gasteiger partial charge in [-0.1, -0.05) is 0 Å². The standard InChI is InChI=1S/C24H22N2O3/c1-27-20-10-4-17(5-11-20)23-16-24(18-6-12-21(28-2)13-7-18)26(25-23)19-8-14-22(29-3)15-9-19/h4-16H,1-3H3. The molecule has 0 unspecified atom stereocenters. The van der Waals surface area contributed by atoms with Crippen molar-refractivity contribution < 1.29 is 14.2 Å². The molecule has 146 valence electrons. The molecule has 3 aromatic carbocycles. The van der Waals surface area contributed by atoms with Crippen LogP contribution < -0.4 is 14.2 Å². The lowest BCUT2D eigenvalue weighted by Gasteiger charge is -2.09. The summed E-state index contributed by atoms with van der Waals surface area (Å²) >= 11 is 0. The molecule has 0 fully saturated rings. The largest absolute Gasteiger partial charge is 0.497 e. The highest BCUT2D eigenvalue weighted by Gasteiger charge is 2.14. The molecule has 0 aliphatic rings. The molecular formula is C24H22N2O3. The van der Waals surface area contributed by atoms with Gasteiger partial charge in [0.1, 0.15) is 17.2 Å². The zero-order valence-electron chi connectivity index (χ0n) is 16.6. The van der Waals surface area contributed by atoms with Crippen molar-refractivity contribution in [3.8, 4) is 45.5 Å². The van der Waals surface area contributed by atoms with Crippen LogP contribution in [0.3, 0.4) is 0 Å². The minimum Gasteiger partial charge on any atom is -0.497 e. The molecule has 0 saturated carbocycles. The van der Waals surface area contributed by atoms with Gasteiger partial charge in [-0.05, 0) is 78.9 Å². The Morgan fingerprint density at radius 1 is 0.586 bits per heavy atom. The zero-order valence-corrected chi connectivity index (χ0v) is 16.6. The first-order chi connectivity index (χ1) is 14.2. The molecule has 0 radical (unpaired) electrons. The molecule has 5 heteroatoms. The van der Waals surface area contributed by atoms with Crippen LogP contribution in [0.1, 0.15) is 0 Å². The molecule has 1 heterocycles. The van der Waals surface area contributed by atoms with Crippen LogP contribution in [-0.4, -0.2) is 31.1 Å². The van der Waals surface area contributed by atoms with Gasteiger partial charge in [0.2, 0.25) is 0 Å². The lowest BCUT2D eigenvalue weighted by atomic mass is 10.1. The Bertz CT molecular complexity index is 1020. The van der Waals surface area contributed by atoms with Crippen molar-refractivity contribution in [1.82, 2.24) is 9.78 Å². The number of rotatable bonds is 6. The second kappa shape index (κ2) is 8.10. The number of aromatic nitrogens is 2. The minimum absolute atomic E-state index is 0.808. The fourth-order valence-corrected chi connectivity index (χ4v) is 3.17. The number of benzene rings is 3. The number of hydrogen-bond donors (Lipinski definition) is 0. The Labute approximate surface area is 170 Å². The fraction of sp³-hybridized carbons (Fsp3) is 0.125. The molecule has 0 bridgehead atoms. The van der Waals surface area contributed by atoms with Crippen LogP contribution in [0.25, 0.3) is 28.2 Å². The Balaban J connectivity index is 1.82. The monoisotopic (exact) mass is 386 g/mol. The Morgan fingerprint density at radius 2 is 1.03 bits per heavy atom. The van der Waals surface area contributed by atoms with E-state index in [0.717, 1.165) is 45.5 Å². The summed E-state index contributed by atoms with van der Waals surface area (Å²) in [6, 6.07) is 25.8. The molecule has 0 aliphatic heterocycles. The fourth-order valence-electron chi connectivity index (χ4n) is 3.17. The summed E-state index contributed by atoms with van der Waals surface area (Å²) < 4.78 is 17.8. The Morgan fingerprint density at radius 3 is 1.52 bits per heavy atom. The van der Waals surface area contributed by atoms with Gasteiger partial charge in [-0.2, -0.15) is 5.10 Å². The van der Waals surface area contributed by atoms with Gasteiger partial charge in [0.25, 0.3) is 0 Å². The first-order valence-corrected chi connectivity index (χ1v) is 9.25. The van der Waals surface area contributed by atoms with Gasteiger partial charge in [0.05, 0.1) is 38.4 Å². The maximum Gasteiger partial charge on any atom is 0.119 e. The van der Waals surface area contributed by atoms with Crippen LogP contribution in [0.4, 0.5) is 0 Å². The normalized spacial score (nSPS) is 10.6. The molecular weight excluding hydrogens is 364 g/mol. The SMILES string of the molecule is COc1ccc(-c2cc(-c3ccc(OC)cc3)n(-c3ccc(OC)cc3)n2)cc1. The number of nitrogens with zero attached hydrogens (tertiary/aromatic N) is 2. The first-order valence-electron chi connectivity index (χ1n) is 9.25. The van der Waals surface area contributed by atoms with Crippen LogP contribution in [-0.2, 0) is 0 Å². The van der Waals surface area contributed by atoms with E-state index >= 15 is 0 Å². The number of methoxy groups -OCH3 is 3. The van der Waals surface area contributed by atoms with E-state index in [9.17, 15) is 0 Å². The number of hydrogen-bond acceptors (Lipinski definition) is 4. The average molecular weight is 386 g/mol. The first kappa shape index (κ1) is 18.6. The van der Waals surface area contributed by atoms with Crippen molar-refractivity contribution in [3.05, 3.63) is 78.9 Å². The molecule has 0 saturated heterocycles. The van der Waals surface area contributed by atoms with E-state index in [1.807, 2.05) is 77.5 Å². The van der Waals surface area contributed by atoms with E-state index in [1.54, 1.807) is 21.3 Å². The van der Waals surface area contributed by atoms with Gasteiger partial charge in [-0.15, -0.1) is 0 Å². The van der Waals surface area contributed by atoms with Crippen molar-refractivity contribution >= 4 is 0 Å². The van der Waals surface area contributed by atoms with E-state index < -0.39 is 0 Å². The van der Waals surface area contributed by atoms with Crippen LogP contribution in [0.5, 0.6) is 17.2 Å². The van der Waals surface area contributed by atoms with E-state index in [-0.39, 0.29) is 0 Å². The van der Waals surface area contributed by atoms with E-state index in [1.165, 1.54) is 0 Å². The summed E-state index contributed by atoms with van der Waals surface area (Å²) in [5.41, 5.74) is 4.90. The second-order valence-corrected chi connectivity index (χ2v) is 6.48. The van der Waals surface area contributed by atoms with Gasteiger partial charge in [-0.3, -0.25) is 0 Å². The number of ether oxygens (including phenoxy) is 3. The third kappa shape index (κ3) is 3.80. The van der Waals surface area contributed by atoms with Crippen molar-refractivity contribution in [2.24, 2.45) is 0 Å². The van der Waals surface area contributed by atoms with E-state index in [0.29, 0.717) is 0 Å². The summed E-state index contributed by atoms with van der Waals surface area (Å²) in [6.07, 6.45) is 0. The van der Waals surface area contributed by atoms with Gasteiger partial charge < -0.3 is 14.2 Å². The van der Waals surface area contributed by atoms with Crippen LogP contribution in [0.2, 0.25) is 0 Å². The van der Waals surface area contributed by atoms with Crippen LogP contribution >= 0.6 is 0 Å². The maximum atomic E-state index is 5.29. The molecule has 5 nitrogen and oxygen atoms in total. The van der Waals surface area contributed by atoms with Crippen molar-refractivity contribution in [1.29, 1.82) is 0 Å². The third-order valence-electron chi connectivity index (χ3n) is 4.80. The molecule has 0 aliphatic carbocycles. The highest BCUT2D eigenvalue weighted by atomic mass is 16.5. The van der Waals surface area contributed by atoms with Crippen molar-refractivity contribution in [2.45, 2.75) is 0 Å². The molecule has 4 aromatic rings. The Hall–Kier alpha value is -3.73. The maximum absolute atomic E-state index is 5.29. The van der Waals surface area contributed by atoms with Crippen LogP contribution in [0, 0.1) is 0 Å². The molecule has 0 amide bonds. The van der Waals surface area contributed by atoms with Crippen LogP contribution in [0.15, 0.2) is 78.9 Å². The smallest absolute Gasteiger partial charge is 0.119 e.